The zero-order chi connectivity index (χ0) is 32.6. The van der Waals surface area contributed by atoms with E-state index in [1.807, 2.05) is 82.3 Å². The minimum Gasteiger partial charge on any atom is -0.497 e. The lowest BCUT2D eigenvalue weighted by Gasteiger charge is -2.34. The van der Waals surface area contributed by atoms with Crippen LogP contribution in [0.5, 0.6) is 5.75 Å². The van der Waals surface area contributed by atoms with E-state index in [2.05, 4.69) is 5.32 Å². The van der Waals surface area contributed by atoms with Crippen LogP contribution < -0.4 is 14.4 Å². The second-order valence-electron chi connectivity index (χ2n) is 11.4. The summed E-state index contributed by atoms with van der Waals surface area (Å²) in [6.45, 7) is 7.15. The highest BCUT2D eigenvalue weighted by atomic mass is 32.2. The summed E-state index contributed by atoms with van der Waals surface area (Å²) in [5, 5.41) is 2.97. The third-order valence-electron chi connectivity index (χ3n) is 7.40. The minimum atomic E-state index is -4.20. The molecule has 0 unspecified atom stereocenters. The van der Waals surface area contributed by atoms with E-state index >= 15 is 0 Å². The predicted molar refractivity (Wildman–Crippen MR) is 178 cm³/mol. The van der Waals surface area contributed by atoms with Gasteiger partial charge in [-0.2, -0.15) is 0 Å². The van der Waals surface area contributed by atoms with Crippen molar-refractivity contribution in [1.29, 1.82) is 0 Å². The van der Waals surface area contributed by atoms with Gasteiger partial charge in [0.25, 0.3) is 10.0 Å². The summed E-state index contributed by atoms with van der Waals surface area (Å²) in [4.78, 5) is 29.8. The molecule has 236 valence electrons. The van der Waals surface area contributed by atoms with Crippen LogP contribution in [0.25, 0.3) is 0 Å². The second kappa shape index (κ2) is 14.9. The number of rotatable bonds is 13. The molecule has 8 nitrogen and oxygen atoms in total. The molecule has 0 saturated carbocycles. The van der Waals surface area contributed by atoms with Crippen LogP contribution >= 0.6 is 0 Å². The van der Waals surface area contributed by atoms with Crippen molar-refractivity contribution in [2.24, 2.45) is 0 Å². The van der Waals surface area contributed by atoms with E-state index in [0.29, 0.717) is 5.75 Å². The highest BCUT2D eigenvalue weighted by molar-refractivity contribution is 7.92. The number of anilines is 1. The van der Waals surface area contributed by atoms with Gasteiger partial charge in [-0.05, 0) is 63.1 Å². The molecule has 9 heteroatoms. The zero-order valence-corrected chi connectivity index (χ0v) is 27.3. The first-order chi connectivity index (χ1) is 21.5. The van der Waals surface area contributed by atoms with Gasteiger partial charge in [0.2, 0.25) is 11.8 Å². The Morgan fingerprint density at radius 1 is 0.800 bits per heavy atom. The number of carbonyl (C=O) groups excluding carboxylic acids is 2. The Kier molecular flexibility index (Phi) is 11.0. The van der Waals surface area contributed by atoms with Crippen molar-refractivity contribution in [2.75, 3.05) is 18.0 Å². The van der Waals surface area contributed by atoms with Gasteiger partial charge in [-0.25, -0.2) is 8.42 Å². The largest absolute Gasteiger partial charge is 0.497 e. The van der Waals surface area contributed by atoms with Crippen LogP contribution in [0.15, 0.2) is 108 Å². The van der Waals surface area contributed by atoms with Crippen molar-refractivity contribution in [3.8, 4) is 5.75 Å². The van der Waals surface area contributed by atoms with E-state index in [9.17, 15) is 18.0 Å². The van der Waals surface area contributed by atoms with E-state index in [-0.39, 0.29) is 35.5 Å². The van der Waals surface area contributed by atoms with E-state index in [4.69, 9.17) is 4.74 Å². The van der Waals surface area contributed by atoms with Crippen molar-refractivity contribution in [2.45, 2.75) is 57.6 Å². The third kappa shape index (κ3) is 8.73. The number of hydrogen-bond acceptors (Lipinski definition) is 5. The molecule has 0 aliphatic rings. The predicted octanol–water partition coefficient (Wildman–Crippen LogP) is 5.67. The second-order valence-corrected chi connectivity index (χ2v) is 13.3. The Bertz CT molecular complexity index is 1690. The zero-order valence-electron chi connectivity index (χ0n) is 26.4. The standard InChI is InChI=1S/C36H41N3O5S/c1-26(2)37-36(41)34(22-29-10-7-6-8-11-29)38(24-30-18-14-27(3)15-19-30)35(40)25-39(31-12-9-13-32(23-31)44-5)45(42,43)33-20-16-28(4)17-21-33/h6-21,23,26,34H,22,24-25H2,1-5H3,(H,37,41)/t34-/m1/s1. The number of nitrogens with one attached hydrogen (secondary N) is 1. The molecule has 0 fully saturated rings. The molecule has 0 spiro atoms. The van der Waals surface area contributed by atoms with Crippen molar-refractivity contribution in [3.63, 3.8) is 0 Å². The molecular formula is C36H41N3O5S. The Labute approximate surface area is 266 Å². The quantitative estimate of drug-likeness (QED) is 0.206. The van der Waals surface area contributed by atoms with Gasteiger partial charge in [0.15, 0.2) is 0 Å². The number of amides is 2. The van der Waals surface area contributed by atoms with Crippen LogP contribution in [-0.2, 0) is 32.6 Å². The number of ether oxygens (including phenoxy) is 1. The summed E-state index contributed by atoms with van der Waals surface area (Å²) in [5.74, 6) is -0.392. The lowest BCUT2D eigenvalue weighted by atomic mass is 10.0. The van der Waals surface area contributed by atoms with Gasteiger partial charge >= 0.3 is 0 Å². The Morgan fingerprint density at radius 3 is 2.02 bits per heavy atom. The number of sulfonamides is 1. The molecule has 0 aliphatic carbocycles. The monoisotopic (exact) mass is 627 g/mol. The Balaban J connectivity index is 1.81. The average Bonchev–Trinajstić information content (AvgIpc) is 3.02. The molecule has 4 rings (SSSR count). The van der Waals surface area contributed by atoms with Gasteiger partial charge in [0.1, 0.15) is 18.3 Å². The van der Waals surface area contributed by atoms with Gasteiger partial charge in [-0.15, -0.1) is 0 Å². The normalized spacial score (nSPS) is 12.0. The summed E-state index contributed by atoms with van der Waals surface area (Å²) in [6.07, 6.45) is 0.251. The smallest absolute Gasteiger partial charge is 0.264 e. The van der Waals surface area contributed by atoms with Crippen LogP contribution in [0.1, 0.15) is 36.1 Å². The highest BCUT2D eigenvalue weighted by Crippen LogP contribution is 2.28. The first-order valence-corrected chi connectivity index (χ1v) is 16.3. The molecule has 2 amide bonds. The molecule has 0 radical (unpaired) electrons. The van der Waals surface area contributed by atoms with Gasteiger partial charge in [0, 0.05) is 25.1 Å². The number of benzene rings is 4. The summed E-state index contributed by atoms with van der Waals surface area (Å²) >= 11 is 0. The molecule has 1 atom stereocenters. The van der Waals surface area contributed by atoms with Crippen LogP contribution in [-0.4, -0.2) is 50.9 Å². The average molecular weight is 628 g/mol. The first-order valence-electron chi connectivity index (χ1n) is 14.9. The van der Waals surface area contributed by atoms with E-state index in [1.165, 1.54) is 24.1 Å². The molecule has 0 aliphatic heterocycles. The van der Waals surface area contributed by atoms with Gasteiger partial charge in [-0.1, -0.05) is 83.9 Å². The van der Waals surface area contributed by atoms with Gasteiger partial charge in [0.05, 0.1) is 17.7 Å². The summed E-state index contributed by atoms with van der Waals surface area (Å²) in [5.41, 5.74) is 3.93. The number of carbonyl (C=O) groups is 2. The number of methoxy groups -OCH3 is 1. The molecule has 4 aromatic rings. The molecule has 4 aromatic carbocycles. The topological polar surface area (TPSA) is 96.0 Å². The van der Waals surface area contributed by atoms with E-state index < -0.39 is 28.5 Å². The highest BCUT2D eigenvalue weighted by Gasteiger charge is 2.35. The molecule has 1 N–H and O–H groups in total. The van der Waals surface area contributed by atoms with Gasteiger partial charge in [-0.3, -0.25) is 13.9 Å². The molecule has 0 bridgehead atoms. The Hall–Kier alpha value is -4.63. The van der Waals surface area contributed by atoms with E-state index in [0.717, 1.165) is 26.6 Å². The summed E-state index contributed by atoms with van der Waals surface area (Å²) in [6, 6.07) is 29.2. The van der Waals surface area contributed by atoms with Crippen LogP contribution in [0.4, 0.5) is 5.69 Å². The summed E-state index contributed by atoms with van der Waals surface area (Å²) < 4.78 is 34.8. The molecular weight excluding hydrogens is 586 g/mol. The SMILES string of the molecule is COc1cccc(N(CC(=O)N(Cc2ccc(C)cc2)[C@H](Cc2ccccc2)C(=O)NC(C)C)S(=O)(=O)c2ccc(C)cc2)c1. The maximum absolute atomic E-state index is 14.5. The first kappa shape index (κ1) is 33.3. The molecule has 0 heterocycles. The van der Waals surface area contributed by atoms with Crippen molar-refractivity contribution in [1.82, 2.24) is 10.2 Å². The number of aryl methyl sites for hydroxylation is 2. The van der Waals surface area contributed by atoms with Crippen LogP contribution in [0, 0.1) is 13.8 Å². The molecule has 0 saturated heterocycles. The maximum Gasteiger partial charge on any atom is 0.264 e. The fraction of sp³-hybridized carbons (Fsp3) is 0.278. The van der Waals surface area contributed by atoms with Gasteiger partial charge < -0.3 is 15.0 Å². The molecule has 0 aromatic heterocycles. The van der Waals surface area contributed by atoms with Crippen molar-refractivity contribution >= 4 is 27.5 Å². The lowest BCUT2D eigenvalue weighted by Crippen LogP contribution is -2.54. The Morgan fingerprint density at radius 2 is 1.42 bits per heavy atom. The number of hydrogen-bond donors (Lipinski definition) is 1. The van der Waals surface area contributed by atoms with Crippen LogP contribution in [0.2, 0.25) is 0 Å². The van der Waals surface area contributed by atoms with Crippen LogP contribution in [0.3, 0.4) is 0 Å². The lowest BCUT2D eigenvalue weighted by molar-refractivity contribution is -0.140. The molecule has 45 heavy (non-hydrogen) atoms. The summed E-state index contributed by atoms with van der Waals surface area (Å²) in [7, 11) is -2.70. The van der Waals surface area contributed by atoms with Crippen molar-refractivity contribution in [3.05, 3.63) is 125 Å². The third-order valence-corrected chi connectivity index (χ3v) is 9.19. The van der Waals surface area contributed by atoms with E-state index in [1.54, 1.807) is 36.4 Å². The fourth-order valence-corrected chi connectivity index (χ4v) is 6.36. The number of nitrogens with zero attached hydrogens (tertiary/aromatic N) is 2. The van der Waals surface area contributed by atoms with Crippen molar-refractivity contribution < 1.29 is 22.7 Å². The maximum atomic E-state index is 14.5. The minimum absolute atomic E-state index is 0.0483. The fourth-order valence-electron chi connectivity index (χ4n) is 4.96.